The Hall–Kier alpha value is -1.87. The van der Waals surface area contributed by atoms with E-state index in [0.29, 0.717) is 32.1 Å². The predicted molar refractivity (Wildman–Crippen MR) is 288 cm³/mol. The molecule has 10 aliphatic rings. The average molecular weight is 1260 g/mol. The van der Waals surface area contributed by atoms with E-state index in [1.54, 1.807) is 0 Å². The fourth-order valence-electron chi connectivity index (χ4n) is 17.6. The molecule has 0 radical (unpaired) electrons. The van der Waals surface area contributed by atoms with Gasteiger partial charge in [-0.15, -0.1) is 0 Å². The third-order valence-corrected chi connectivity index (χ3v) is 22.9. The molecule has 0 spiro atoms. The maximum atomic E-state index is 15.4. The van der Waals surface area contributed by atoms with Gasteiger partial charge < -0.3 is 139 Å². The first kappa shape index (κ1) is 68.0. The Labute approximate surface area is 502 Å². The van der Waals surface area contributed by atoms with Gasteiger partial charge in [-0.25, -0.2) is 0 Å². The van der Waals surface area contributed by atoms with Gasteiger partial charge >= 0.3 is 5.97 Å². The van der Waals surface area contributed by atoms with Crippen LogP contribution in [0.1, 0.15) is 92.9 Å². The molecule has 500 valence electrons. The van der Waals surface area contributed by atoms with Crippen LogP contribution >= 0.6 is 0 Å². The van der Waals surface area contributed by atoms with Gasteiger partial charge in [0.15, 0.2) is 31.3 Å². The lowest BCUT2D eigenvalue weighted by Crippen LogP contribution is -2.71. The molecule has 0 unspecified atom stereocenters. The van der Waals surface area contributed by atoms with E-state index < -0.39 is 244 Å². The monoisotopic (exact) mass is 1250 g/mol. The van der Waals surface area contributed by atoms with Gasteiger partial charge in [-0.05, 0) is 97.7 Å². The van der Waals surface area contributed by atoms with Crippen LogP contribution < -0.4 is 0 Å². The van der Waals surface area contributed by atoms with Crippen LogP contribution in [0.5, 0.6) is 0 Å². The third kappa shape index (κ3) is 11.2. The van der Waals surface area contributed by atoms with Gasteiger partial charge in [0.1, 0.15) is 103 Å². The second-order valence-electron chi connectivity index (χ2n) is 28.2. The molecule has 29 heteroatoms. The highest BCUT2D eigenvalue weighted by Gasteiger charge is 2.74. The highest BCUT2D eigenvalue weighted by atomic mass is 16.8. The minimum Gasteiger partial charge on any atom is -0.432 e. The molecule has 0 aromatic heterocycles. The summed E-state index contributed by atoms with van der Waals surface area (Å²) in [5.74, 6) is -2.39. The molecule has 0 amide bonds. The Balaban J connectivity index is 0.876. The van der Waals surface area contributed by atoms with Crippen LogP contribution in [-0.4, -0.2) is 297 Å². The van der Waals surface area contributed by atoms with Crippen molar-refractivity contribution >= 4 is 5.97 Å². The van der Waals surface area contributed by atoms with Crippen molar-refractivity contribution in [2.75, 3.05) is 39.6 Å². The first-order valence-electron chi connectivity index (χ1n) is 30.5. The molecule has 0 bridgehead atoms. The molecule has 5 aliphatic carbocycles. The van der Waals surface area contributed by atoms with Crippen molar-refractivity contribution in [1.82, 2.24) is 0 Å². The molecule has 87 heavy (non-hydrogen) atoms. The Bertz CT molecular complexity index is 2420. The molecule has 5 aliphatic heterocycles. The van der Waals surface area contributed by atoms with Gasteiger partial charge in [0.05, 0.1) is 64.1 Å². The van der Waals surface area contributed by atoms with Crippen molar-refractivity contribution in [1.29, 1.82) is 0 Å². The van der Waals surface area contributed by atoms with Crippen LogP contribution in [0.15, 0.2) is 11.6 Å². The van der Waals surface area contributed by atoms with E-state index in [1.807, 2.05) is 6.92 Å². The number of ether oxygens (including phenoxy) is 10. The molecule has 5 saturated heterocycles. The van der Waals surface area contributed by atoms with Crippen molar-refractivity contribution in [3.8, 4) is 0 Å². The highest BCUT2D eigenvalue weighted by Crippen LogP contribution is 2.76. The van der Waals surface area contributed by atoms with Gasteiger partial charge in [0.25, 0.3) is 0 Å². The minimum atomic E-state index is -1.94. The number of carbonyl (C=O) groups is 1. The van der Waals surface area contributed by atoms with Crippen LogP contribution in [0.2, 0.25) is 0 Å². The van der Waals surface area contributed by atoms with Crippen molar-refractivity contribution in [3.05, 3.63) is 11.6 Å². The Morgan fingerprint density at radius 1 is 0.563 bits per heavy atom. The Kier molecular flexibility index (Phi) is 19.6. The number of aliphatic hydroxyl groups is 18. The number of aliphatic hydroxyl groups excluding tert-OH is 18. The van der Waals surface area contributed by atoms with Crippen molar-refractivity contribution in [2.24, 2.45) is 50.2 Å². The number of hydrogen-bond donors (Lipinski definition) is 18. The number of fused-ring (bicyclic) bond motifs is 7. The molecule has 4 saturated carbocycles. The van der Waals surface area contributed by atoms with Gasteiger partial charge in [-0.1, -0.05) is 46.3 Å². The van der Waals surface area contributed by atoms with Crippen molar-refractivity contribution in [3.63, 3.8) is 0 Å². The van der Waals surface area contributed by atoms with Crippen LogP contribution in [0.3, 0.4) is 0 Å². The SMILES string of the molecule is C[C@@H]1O[C@H](O[C@H]2[C@@H](OC(=O)[C@@]34CCC(C)(C)C[C@H]3C3=CC[C@H]5[C@]6(C)C[C@H](O)[C@H](O[C@H]7O[C@@H](CO[C@@H]8O[C@@H](CO)[C@H](O)[C@H](O)[C@@H]8O)[C@@H](O)[C@@H](O)[C@H]7O)C(CO)(CO)[C@@H]6CC[C@@]5(C)[C@@]3(C)C[C@H]4O)OC[C@@H](O)[C@H]2O)[C@H](O)[C@@H](O)[C@H]1O[C@@H]1OC[C@@H](O)[C@@H](O)[C@@H]1O. The lowest BCUT2D eigenvalue weighted by Gasteiger charge is -2.72. The van der Waals surface area contributed by atoms with Crippen LogP contribution in [-0.2, 0) is 52.2 Å². The first-order valence-corrected chi connectivity index (χ1v) is 30.5. The Morgan fingerprint density at radius 2 is 1.14 bits per heavy atom. The van der Waals surface area contributed by atoms with Crippen LogP contribution in [0.25, 0.3) is 0 Å². The maximum absolute atomic E-state index is 15.4. The molecule has 29 nitrogen and oxygen atoms in total. The zero-order valence-electron chi connectivity index (χ0n) is 49.8. The number of allylic oxidation sites excluding steroid dienone is 2. The molecule has 9 fully saturated rings. The molecule has 0 aromatic rings. The summed E-state index contributed by atoms with van der Waals surface area (Å²) in [5, 5.41) is 198. The molecular formula is C58H94O29. The highest BCUT2D eigenvalue weighted by molar-refractivity contribution is 5.80. The van der Waals surface area contributed by atoms with Crippen molar-refractivity contribution < 1.29 is 144 Å². The topological polar surface area (TPSA) is 474 Å². The lowest BCUT2D eigenvalue weighted by molar-refractivity contribution is -0.369. The van der Waals surface area contributed by atoms with Gasteiger partial charge in [0.2, 0.25) is 6.29 Å². The predicted octanol–water partition coefficient (Wildman–Crippen LogP) is -6.02. The summed E-state index contributed by atoms with van der Waals surface area (Å²) in [6.07, 6.45) is -38.3. The average Bonchev–Trinajstić information content (AvgIpc) is 0.674. The number of esters is 1. The quantitative estimate of drug-likeness (QED) is 0.0437. The van der Waals surface area contributed by atoms with Gasteiger partial charge in [0, 0.05) is 5.41 Å². The van der Waals surface area contributed by atoms with E-state index in [4.69, 9.17) is 47.4 Å². The number of rotatable bonds is 14. The van der Waals surface area contributed by atoms with E-state index in [2.05, 4.69) is 33.8 Å². The van der Waals surface area contributed by atoms with E-state index in [1.165, 1.54) is 6.92 Å². The normalized spacial score (nSPS) is 54.0. The molecule has 18 N–H and O–H groups in total. The Morgan fingerprint density at radius 3 is 1.79 bits per heavy atom. The molecular weight excluding hydrogens is 1160 g/mol. The fourth-order valence-corrected chi connectivity index (χ4v) is 17.6. The van der Waals surface area contributed by atoms with E-state index >= 15 is 4.79 Å². The van der Waals surface area contributed by atoms with Gasteiger partial charge in [-0.3, -0.25) is 4.79 Å². The van der Waals surface area contributed by atoms with E-state index in [9.17, 15) is 91.9 Å². The van der Waals surface area contributed by atoms with Gasteiger partial charge in [-0.2, -0.15) is 0 Å². The second-order valence-corrected chi connectivity index (χ2v) is 28.2. The van der Waals surface area contributed by atoms with Crippen LogP contribution in [0.4, 0.5) is 0 Å². The zero-order chi connectivity index (χ0) is 63.6. The number of hydrogen-bond acceptors (Lipinski definition) is 29. The maximum Gasteiger partial charge on any atom is 0.317 e. The van der Waals surface area contributed by atoms with Crippen LogP contribution in [0, 0.1) is 50.2 Å². The summed E-state index contributed by atoms with van der Waals surface area (Å²) in [7, 11) is 0. The molecule has 0 aromatic carbocycles. The molecule has 5 heterocycles. The summed E-state index contributed by atoms with van der Waals surface area (Å²) in [6.45, 7) is 8.04. The minimum absolute atomic E-state index is 0.0349. The third-order valence-electron chi connectivity index (χ3n) is 22.9. The number of carbonyl (C=O) groups excluding carboxylic acids is 1. The smallest absolute Gasteiger partial charge is 0.317 e. The largest absolute Gasteiger partial charge is 0.432 e. The standard InChI is InChI=1S/C58H94O29/c1-22-44(84-48-40(73)33(66)26(63)17-78-48)39(72)43(76)49(81-22)85-45-34(67)27(64)18-79-51(45)87-52(77)58-12-11-53(2,3)13-24(58)23-7-8-30-54(4)14-25(62)46(57(20-60,21-61)31(54)9-10-55(30,5)56(23,6)15-32(58)65)86-50-42(75)38(71)36(69)29(83-50)19-80-47-41(74)37(70)35(68)28(16-59)82-47/h7,22,24-51,59-76H,8-21H2,1-6H3/t22-,24-,25-,26+,27+,28-,29-,30-,31+,32+,33+,34+,35-,36+,37-,38+,39+,40-,41-,42+,43+,44-,45+,46-,47+,48-,49+,50+,51+,54-,55+,56-,58-/m0/s1. The summed E-state index contributed by atoms with van der Waals surface area (Å²) in [5.41, 5.74) is -5.07. The fraction of sp³-hybridized carbons (Fsp3) is 0.948. The lowest BCUT2D eigenvalue weighted by atomic mass is 9.33. The summed E-state index contributed by atoms with van der Waals surface area (Å²) < 4.78 is 58.5. The summed E-state index contributed by atoms with van der Waals surface area (Å²) >= 11 is 0. The van der Waals surface area contributed by atoms with E-state index in [-0.39, 0.29) is 30.6 Å². The first-order chi connectivity index (χ1) is 40.8. The zero-order valence-corrected chi connectivity index (χ0v) is 49.8. The second kappa shape index (κ2) is 25.1. The summed E-state index contributed by atoms with van der Waals surface area (Å²) in [6, 6.07) is 0. The molecule has 33 atom stereocenters. The molecule has 10 rings (SSSR count). The summed E-state index contributed by atoms with van der Waals surface area (Å²) in [4.78, 5) is 15.4. The van der Waals surface area contributed by atoms with Crippen molar-refractivity contribution in [2.45, 2.75) is 253 Å². The van der Waals surface area contributed by atoms with E-state index in [0.717, 1.165) is 5.57 Å².